The lowest BCUT2D eigenvalue weighted by molar-refractivity contribution is 0.566. The molecule has 1 aromatic carbocycles. The van der Waals surface area contributed by atoms with Crippen molar-refractivity contribution in [3.8, 4) is 0 Å². The van der Waals surface area contributed by atoms with Crippen LogP contribution in [0.4, 0.5) is 5.69 Å². The predicted molar refractivity (Wildman–Crippen MR) is 86.3 cm³/mol. The first-order valence-corrected chi connectivity index (χ1v) is 8.57. The van der Waals surface area contributed by atoms with E-state index in [1.165, 1.54) is 6.07 Å². The molecule has 0 aliphatic heterocycles. The summed E-state index contributed by atoms with van der Waals surface area (Å²) >= 11 is 3.29. The number of aryl methyl sites for hydroxylation is 1. The van der Waals surface area contributed by atoms with E-state index in [0.29, 0.717) is 15.7 Å². The van der Waals surface area contributed by atoms with E-state index in [0.717, 1.165) is 5.56 Å². The minimum absolute atomic E-state index is 0.184. The molecule has 1 atom stereocenters. The molecular formula is C14H16BrN3O2S. The van der Waals surface area contributed by atoms with Crippen LogP contribution in [0, 0.1) is 6.92 Å². The van der Waals surface area contributed by atoms with Gasteiger partial charge in [0, 0.05) is 28.6 Å². The average molecular weight is 370 g/mol. The molecule has 0 aliphatic carbocycles. The summed E-state index contributed by atoms with van der Waals surface area (Å²) < 4.78 is 28.3. The third-order valence-electron chi connectivity index (χ3n) is 3.12. The zero-order chi connectivity index (χ0) is 15.6. The van der Waals surface area contributed by atoms with E-state index in [1.807, 2.05) is 0 Å². The number of rotatable bonds is 4. The van der Waals surface area contributed by atoms with Crippen LogP contribution >= 0.6 is 15.9 Å². The van der Waals surface area contributed by atoms with Crippen LogP contribution in [0.15, 0.2) is 46.0 Å². The van der Waals surface area contributed by atoms with Gasteiger partial charge in [-0.3, -0.25) is 4.98 Å². The van der Waals surface area contributed by atoms with Gasteiger partial charge in [0.25, 0.3) is 0 Å². The lowest BCUT2D eigenvalue weighted by Gasteiger charge is -2.16. The van der Waals surface area contributed by atoms with Crippen molar-refractivity contribution < 1.29 is 8.42 Å². The molecule has 0 saturated carbocycles. The van der Waals surface area contributed by atoms with Gasteiger partial charge in [0.1, 0.15) is 0 Å². The van der Waals surface area contributed by atoms with E-state index in [4.69, 9.17) is 5.73 Å². The number of nitrogen functional groups attached to an aromatic ring is 1. The van der Waals surface area contributed by atoms with Crippen molar-refractivity contribution in [1.82, 2.24) is 9.71 Å². The van der Waals surface area contributed by atoms with E-state index >= 15 is 0 Å². The minimum Gasteiger partial charge on any atom is -0.398 e. The van der Waals surface area contributed by atoms with Crippen LogP contribution in [0.1, 0.15) is 24.1 Å². The molecule has 1 aromatic heterocycles. The maximum absolute atomic E-state index is 12.5. The molecule has 0 bridgehead atoms. The molecule has 112 valence electrons. The minimum atomic E-state index is -3.65. The van der Waals surface area contributed by atoms with Crippen molar-refractivity contribution in [3.63, 3.8) is 0 Å². The molecule has 0 aliphatic rings. The second-order valence-corrected chi connectivity index (χ2v) is 7.30. The van der Waals surface area contributed by atoms with Gasteiger partial charge in [0.15, 0.2) is 0 Å². The quantitative estimate of drug-likeness (QED) is 0.811. The Bertz CT molecular complexity index is 748. The fourth-order valence-electron chi connectivity index (χ4n) is 1.97. The van der Waals surface area contributed by atoms with Gasteiger partial charge in [-0.15, -0.1) is 0 Å². The fourth-order valence-corrected chi connectivity index (χ4v) is 3.93. The predicted octanol–water partition coefficient (Wildman–Crippen LogP) is 2.77. The van der Waals surface area contributed by atoms with Crippen molar-refractivity contribution in [2.75, 3.05) is 5.73 Å². The second-order valence-electron chi connectivity index (χ2n) is 4.76. The summed E-state index contributed by atoms with van der Waals surface area (Å²) in [6, 6.07) is 6.34. The summed E-state index contributed by atoms with van der Waals surface area (Å²) in [5.41, 5.74) is 7.64. The van der Waals surface area contributed by atoms with Gasteiger partial charge in [0.2, 0.25) is 10.0 Å². The van der Waals surface area contributed by atoms with Gasteiger partial charge in [-0.05, 0) is 65.2 Å². The van der Waals surface area contributed by atoms with Gasteiger partial charge in [0.05, 0.1) is 4.90 Å². The SMILES string of the molecule is Cc1cc(Br)c(N)cc1S(=O)(=O)NC(C)c1ccncc1. The number of nitrogens with zero attached hydrogens (tertiary/aromatic N) is 1. The van der Waals surface area contributed by atoms with Crippen molar-refractivity contribution in [3.05, 3.63) is 52.3 Å². The Morgan fingerprint density at radius 2 is 1.90 bits per heavy atom. The van der Waals surface area contributed by atoms with Crippen molar-refractivity contribution in [2.24, 2.45) is 0 Å². The third-order valence-corrected chi connectivity index (χ3v) is 5.49. The number of pyridine rings is 1. The average Bonchev–Trinajstić information content (AvgIpc) is 2.43. The highest BCUT2D eigenvalue weighted by molar-refractivity contribution is 9.10. The molecule has 0 spiro atoms. The number of nitrogens with two attached hydrogens (primary N) is 1. The molecule has 7 heteroatoms. The van der Waals surface area contributed by atoms with Crippen LogP contribution < -0.4 is 10.5 Å². The Morgan fingerprint density at radius 1 is 1.29 bits per heavy atom. The molecule has 0 radical (unpaired) electrons. The lowest BCUT2D eigenvalue weighted by Crippen LogP contribution is -2.27. The van der Waals surface area contributed by atoms with Crippen molar-refractivity contribution >= 4 is 31.6 Å². The molecule has 0 fully saturated rings. The van der Waals surface area contributed by atoms with E-state index in [2.05, 4.69) is 25.6 Å². The molecule has 0 saturated heterocycles. The van der Waals surface area contributed by atoms with Crippen LogP contribution in [0.25, 0.3) is 0 Å². The Hall–Kier alpha value is -1.44. The van der Waals surface area contributed by atoms with Gasteiger partial charge >= 0.3 is 0 Å². The van der Waals surface area contributed by atoms with Gasteiger partial charge in [-0.25, -0.2) is 13.1 Å². The molecule has 0 amide bonds. The fraction of sp³-hybridized carbons (Fsp3) is 0.214. The first kappa shape index (κ1) is 15.9. The Labute approximate surface area is 132 Å². The number of halogens is 1. The van der Waals surface area contributed by atoms with E-state index in [1.54, 1.807) is 44.4 Å². The molecule has 21 heavy (non-hydrogen) atoms. The number of anilines is 1. The van der Waals surface area contributed by atoms with Crippen LogP contribution in [0.5, 0.6) is 0 Å². The smallest absolute Gasteiger partial charge is 0.241 e. The van der Waals surface area contributed by atoms with Crippen LogP contribution in [-0.4, -0.2) is 13.4 Å². The zero-order valence-electron chi connectivity index (χ0n) is 11.7. The molecule has 2 rings (SSSR count). The standard InChI is InChI=1S/C14H16BrN3O2S/c1-9-7-12(15)13(16)8-14(9)21(19,20)18-10(2)11-3-5-17-6-4-11/h3-8,10,18H,16H2,1-2H3. The Morgan fingerprint density at radius 3 is 2.52 bits per heavy atom. The van der Waals surface area contributed by atoms with Gasteiger partial charge in [-0.1, -0.05) is 0 Å². The van der Waals surface area contributed by atoms with Gasteiger partial charge < -0.3 is 5.73 Å². The third kappa shape index (κ3) is 3.61. The summed E-state index contributed by atoms with van der Waals surface area (Å²) in [4.78, 5) is 4.10. The maximum atomic E-state index is 12.5. The highest BCUT2D eigenvalue weighted by atomic mass is 79.9. The number of nitrogens with one attached hydrogen (secondary N) is 1. The Kier molecular flexibility index (Phi) is 4.65. The van der Waals surface area contributed by atoms with E-state index in [-0.39, 0.29) is 10.9 Å². The van der Waals surface area contributed by atoms with Crippen molar-refractivity contribution in [1.29, 1.82) is 0 Å². The lowest BCUT2D eigenvalue weighted by atomic mass is 10.1. The number of hydrogen-bond donors (Lipinski definition) is 2. The Balaban J connectivity index is 2.33. The van der Waals surface area contributed by atoms with Crippen LogP contribution in [0.2, 0.25) is 0 Å². The molecule has 1 unspecified atom stereocenters. The molecular weight excluding hydrogens is 354 g/mol. The zero-order valence-corrected chi connectivity index (χ0v) is 14.1. The van der Waals surface area contributed by atoms with Crippen LogP contribution in [-0.2, 0) is 10.0 Å². The highest BCUT2D eigenvalue weighted by Gasteiger charge is 2.21. The van der Waals surface area contributed by atoms with Gasteiger partial charge in [-0.2, -0.15) is 0 Å². The summed E-state index contributed by atoms with van der Waals surface area (Å²) in [5.74, 6) is 0. The number of benzene rings is 1. The first-order chi connectivity index (χ1) is 9.81. The normalized spacial score (nSPS) is 13.1. The molecule has 1 heterocycles. The largest absolute Gasteiger partial charge is 0.398 e. The maximum Gasteiger partial charge on any atom is 0.241 e. The molecule has 5 nitrogen and oxygen atoms in total. The van der Waals surface area contributed by atoms with E-state index in [9.17, 15) is 8.42 Å². The topological polar surface area (TPSA) is 85.1 Å². The number of sulfonamides is 1. The second kappa shape index (κ2) is 6.13. The van der Waals surface area contributed by atoms with Crippen LogP contribution in [0.3, 0.4) is 0 Å². The molecule has 3 N–H and O–H groups in total. The number of aromatic nitrogens is 1. The van der Waals surface area contributed by atoms with E-state index < -0.39 is 10.0 Å². The van der Waals surface area contributed by atoms with Crippen molar-refractivity contribution in [2.45, 2.75) is 24.8 Å². The first-order valence-electron chi connectivity index (χ1n) is 6.29. The highest BCUT2D eigenvalue weighted by Crippen LogP contribution is 2.27. The summed E-state index contributed by atoms with van der Waals surface area (Å²) in [6.07, 6.45) is 3.26. The molecule has 2 aromatic rings. The monoisotopic (exact) mass is 369 g/mol. The number of hydrogen-bond acceptors (Lipinski definition) is 4. The summed E-state index contributed by atoms with van der Waals surface area (Å²) in [5, 5.41) is 0. The summed E-state index contributed by atoms with van der Waals surface area (Å²) in [6.45, 7) is 3.51. The summed E-state index contributed by atoms with van der Waals surface area (Å²) in [7, 11) is -3.65.